The standard InChI is InChI=1S/C19H18BrN3O4/c1-19-15(17(24)21-11-4-6-12(26-2)7-5-11)16(22-18(25)23-19)13-9-10(20)3-8-14(13)27-19/h3-9,15-16H,1-2H3,(H,21,24)(H2,22,23,25). The Morgan fingerprint density at radius 1 is 1.26 bits per heavy atom. The zero-order valence-electron chi connectivity index (χ0n) is 14.7. The van der Waals surface area contributed by atoms with E-state index in [2.05, 4.69) is 31.9 Å². The third-order valence-corrected chi connectivity index (χ3v) is 5.34. The van der Waals surface area contributed by atoms with E-state index in [-0.39, 0.29) is 11.9 Å². The zero-order valence-corrected chi connectivity index (χ0v) is 16.3. The van der Waals surface area contributed by atoms with E-state index in [1.807, 2.05) is 18.2 Å². The maximum absolute atomic E-state index is 13.1. The van der Waals surface area contributed by atoms with Gasteiger partial charge in [0.15, 0.2) is 5.72 Å². The molecule has 27 heavy (non-hydrogen) atoms. The van der Waals surface area contributed by atoms with Crippen molar-refractivity contribution in [3.63, 3.8) is 0 Å². The predicted molar refractivity (Wildman–Crippen MR) is 103 cm³/mol. The van der Waals surface area contributed by atoms with Crippen molar-refractivity contribution in [2.75, 3.05) is 12.4 Å². The van der Waals surface area contributed by atoms with Crippen LogP contribution >= 0.6 is 15.9 Å². The molecule has 3 unspecified atom stereocenters. The molecular formula is C19H18BrN3O4. The van der Waals surface area contributed by atoms with Crippen LogP contribution in [0.2, 0.25) is 0 Å². The lowest BCUT2D eigenvalue weighted by Gasteiger charge is -2.49. The van der Waals surface area contributed by atoms with Gasteiger partial charge in [0.25, 0.3) is 0 Å². The van der Waals surface area contributed by atoms with Crippen LogP contribution in [-0.4, -0.2) is 24.8 Å². The van der Waals surface area contributed by atoms with Crippen molar-refractivity contribution in [1.29, 1.82) is 0 Å². The highest BCUT2D eigenvalue weighted by molar-refractivity contribution is 9.10. The number of rotatable bonds is 3. The van der Waals surface area contributed by atoms with E-state index >= 15 is 0 Å². The van der Waals surface area contributed by atoms with Gasteiger partial charge in [-0.2, -0.15) is 0 Å². The quantitative estimate of drug-likeness (QED) is 0.696. The average molecular weight is 432 g/mol. The van der Waals surface area contributed by atoms with E-state index < -0.39 is 17.7 Å². The fourth-order valence-electron chi connectivity index (χ4n) is 3.61. The number of halogens is 1. The molecule has 3 N–H and O–H groups in total. The van der Waals surface area contributed by atoms with Gasteiger partial charge >= 0.3 is 6.03 Å². The van der Waals surface area contributed by atoms with Crippen molar-refractivity contribution in [3.8, 4) is 11.5 Å². The number of carbonyl (C=O) groups excluding carboxylic acids is 2. The molecule has 2 aromatic rings. The Balaban J connectivity index is 1.68. The van der Waals surface area contributed by atoms with Crippen LogP contribution < -0.4 is 25.4 Å². The molecule has 1 saturated heterocycles. The molecule has 0 saturated carbocycles. The summed E-state index contributed by atoms with van der Waals surface area (Å²) in [5.41, 5.74) is 0.227. The molecule has 0 spiro atoms. The van der Waals surface area contributed by atoms with Crippen LogP contribution in [0, 0.1) is 5.92 Å². The molecule has 8 heteroatoms. The van der Waals surface area contributed by atoms with E-state index in [1.165, 1.54) is 0 Å². The lowest BCUT2D eigenvalue weighted by atomic mass is 9.80. The second kappa shape index (κ2) is 6.45. The Kier molecular flexibility index (Phi) is 4.22. The first-order valence-corrected chi connectivity index (χ1v) is 9.21. The maximum atomic E-state index is 13.1. The monoisotopic (exact) mass is 431 g/mol. The van der Waals surface area contributed by atoms with Crippen molar-refractivity contribution in [3.05, 3.63) is 52.5 Å². The molecular weight excluding hydrogens is 414 g/mol. The summed E-state index contributed by atoms with van der Waals surface area (Å²) >= 11 is 3.44. The summed E-state index contributed by atoms with van der Waals surface area (Å²) in [5, 5.41) is 8.51. The minimum atomic E-state index is -1.16. The molecule has 0 radical (unpaired) electrons. The SMILES string of the molecule is COc1ccc(NC(=O)C2C3NC(=O)NC2(C)Oc2ccc(Br)cc23)cc1. The molecule has 7 nitrogen and oxygen atoms in total. The molecule has 2 aliphatic heterocycles. The maximum Gasteiger partial charge on any atom is 0.318 e. The first-order chi connectivity index (χ1) is 12.9. The summed E-state index contributed by atoms with van der Waals surface area (Å²) in [6, 6.07) is 11.7. The van der Waals surface area contributed by atoms with Crippen molar-refractivity contribution in [1.82, 2.24) is 10.6 Å². The van der Waals surface area contributed by atoms with E-state index in [1.54, 1.807) is 38.3 Å². The van der Waals surface area contributed by atoms with E-state index in [4.69, 9.17) is 9.47 Å². The third kappa shape index (κ3) is 3.10. The molecule has 4 rings (SSSR count). The van der Waals surface area contributed by atoms with Crippen LogP contribution in [0.4, 0.5) is 10.5 Å². The second-order valence-corrected chi connectivity index (χ2v) is 7.58. The molecule has 3 amide bonds. The smallest absolute Gasteiger partial charge is 0.318 e. The predicted octanol–water partition coefficient (Wildman–Crippen LogP) is 3.18. The van der Waals surface area contributed by atoms with Crippen LogP contribution in [0.3, 0.4) is 0 Å². The highest BCUT2D eigenvalue weighted by atomic mass is 79.9. The molecule has 2 heterocycles. The first kappa shape index (κ1) is 17.7. The van der Waals surface area contributed by atoms with Crippen LogP contribution in [0.1, 0.15) is 18.5 Å². The Bertz CT molecular complexity index is 918. The molecule has 140 valence electrons. The van der Waals surface area contributed by atoms with Gasteiger partial charge in [-0.1, -0.05) is 15.9 Å². The van der Waals surface area contributed by atoms with Gasteiger partial charge in [0.1, 0.15) is 17.4 Å². The van der Waals surface area contributed by atoms with Gasteiger partial charge in [-0.05, 0) is 49.4 Å². The van der Waals surface area contributed by atoms with Gasteiger partial charge < -0.3 is 20.1 Å². The molecule has 0 aliphatic carbocycles. The fourth-order valence-corrected chi connectivity index (χ4v) is 3.99. The van der Waals surface area contributed by atoms with Gasteiger partial charge in [0.05, 0.1) is 13.2 Å². The minimum absolute atomic E-state index is 0.259. The Morgan fingerprint density at radius 3 is 2.70 bits per heavy atom. The minimum Gasteiger partial charge on any atom is -0.497 e. The first-order valence-electron chi connectivity index (χ1n) is 8.42. The van der Waals surface area contributed by atoms with Gasteiger partial charge in [-0.15, -0.1) is 0 Å². The van der Waals surface area contributed by atoms with Crippen LogP contribution in [0.15, 0.2) is 46.9 Å². The van der Waals surface area contributed by atoms with Crippen molar-refractivity contribution in [2.24, 2.45) is 5.92 Å². The normalized spacial score (nSPS) is 25.4. The summed E-state index contributed by atoms with van der Waals surface area (Å²) in [4.78, 5) is 25.2. The van der Waals surface area contributed by atoms with Gasteiger partial charge in [-0.25, -0.2) is 4.79 Å². The number of hydrogen-bond donors (Lipinski definition) is 3. The number of amides is 3. The summed E-state index contributed by atoms with van der Waals surface area (Å²) in [6.07, 6.45) is 0. The number of methoxy groups -OCH3 is 1. The molecule has 2 aliphatic rings. The lowest BCUT2D eigenvalue weighted by Crippen LogP contribution is -2.70. The topological polar surface area (TPSA) is 88.7 Å². The fraction of sp³-hybridized carbons (Fsp3) is 0.263. The van der Waals surface area contributed by atoms with Crippen molar-refractivity contribution < 1.29 is 19.1 Å². The van der Waals surface area contributed by atoms with E-state index in [0.717, 1.165) is 10.0 Å². The Morgan fingerprint density at radius 2 is 2.00 bits per heavy atom. The van der Waals surface area contributed by atoms with Gasteiger partial charge in [-0.3, -0.25) is 10.1 Å². The zero-order chi connectivity index (χ0) is 19.2. The number of fused-ring (bicyclic) bond motifs is 4. The number of anilines is 1. The van der Waals surface area contributed by atoms with Crippen LogP contribution in [-0.2, 0) is 4.79 Å². The second-order valence-electron chi connectivity index (χ2n) is 6.66. The number of carbonyl (C=O) groups is 2. The largest absolute Gasteiger partial charge is 0.497 e. The van der Waals surface area contributed by atoms with Crippen LogP contribution in [0.5, 0.6) is 11.5 Å². The molecule has 1 fully saturated rings. The van der Waals surface area contributed by atoms with Gasteiger partial charge in [0.2, 0.25) is 5.91 Å². The molecule has 3 atom stereocenters. The van der Waals surface area contributed by atoms with Gasteiger partial charge in [0, 0.05) is 15.7 Å². The molecule has 2 aromatic carbocycles. The highest BCUT2D eigenvalue weighted by Gasteiger charge is 2.55. The molecule has 2 bridgehead atoms. The summed E-state index contributed by atoms with van der Waals surface area (Å²) in [6.45, 7) is 1.71. The van der Waals surface area contributed by atoms with E-state index in [9.17, 15) is 9.59 Å². The third-order valence-electron chi connectivity index (χ3n) is 4.84. The number of ether oxygens (including phenoxy) is 2. The highest BCUT2D eigenvalue weighted by Crippen LogP contribution is 2.45. The van der Waals surface area contributed by atoms with E-state index in [0.29, 0.717) is 17.2 Å². The number of nitrogens with one attached hydrogen (secondary N) is 3. The molecule has 0 aromatic heterocycles. The lowest BCUT2D eigenvalue weighted by molar-refractivity contribution is -0.133. The Hall–Kier alpha value is -2.74. The summed E-state index contributed by atoms with van der Waals surface area (Å²) in [5.74, 6) is 0.405. The number of benzene rings is 2. The number of urea groups is 1. The Labute approximate surface area is 164 Å². The average Bonchev–Trinajstić information content (AvgIpc) is 2.62. The van der Waals surface area contributed by atoms with Crippen LogP contribution in [0.25, 0.3) is 0 Å². The number of hydrogen-bond acceptors (Lipinski definition) is 4. The van der Waals surface area contributed by atoms with Crippen molar-refractivity contribution >= 4 is 33.6 Å². The van der Waals surface area contributed by atoms with Crippen molar-refractivity contribution in [2.45, 2.75) is 18.7 Å². The summed E-state index contributed by atoms with van der Waals surface area (Å²) in [7, 11) is 1.58. The summed E-state index contributed by atoms with van der Waals surface area (Å²) < 4.78 is 12.0.